The maximum absolute atomic E-state index is 14.0. The van der Waals surface area contributed by atoms with Crippen LogP contribution in [0.1, 0.15) is 35.2 Å². The van der Waals surface area contributed by atoms with Crippen molar-refractivity contribution in [2.24, 2.45) is 5.16 Å². The van der Waals surface area contributed by atoms with Crippen molar-refractivity contribution in [1.29, 1.82) is 0 Å². The monoisotopic (exact) mass is 338 g/mol. The highest BCUT2D eigenvalue weighted by Gasteiger charge is 2.44. The summed E-state index contributed by atoms with van der Waals surface area (Å²) >= 11 is 0. The van der Waals surface area contributed by atoms with E-state index < -0.39 is 29.1 Å². The summed E-state index contributed by atoms with van der Waals surface area (Å²) in [5.74, 6) is -3.87. The minimum atomic E-state index is -1.14. The second kappa shape index (κ2) is 5.85. The van der Waals surface area contributed by atoms with E-state index in [4.69, 9.17) is 9.94 Å². The van der Waals surface area contributed by atoms with Crippen LogP contribution in [-0.4, -0.2) is 46.3 Å². The average Bonchev–Trinajstić information content (AvgIpc) is 2.97. The van der Waals surface area contributed by atoms with Gasteiger partial charge in [0.25, 0.3) is 5.91 Å². The summed E-state index contributed by atoms with van der Waals surface area (Å²) < 4.78 is 27.6. The Morgan fingerprint density at radius 2 is 1.92 bits per heavy atom. The largest absolute Gasteiger partial charge is 0.477 e. The number of amides is 1. The number of aryl methyl sites for hydroxylation is 1. The summed E-state index contributed by atoms with van der Waals surface area (Å²) in [6.45, 7) is 1.95. The van der Waals surface area contributed by atoms with Gasteiger partial charge in [-0.1, -0.05) is 11.2 Å². The standard InChI is InChI=1S/C16H16F2N2O4/c1-9-2-3-10(13(18)12(9)17)14(21)20-6-4-16(5-7-20)8-11(15(22)23)19-24-16/h2-3H,4-8H2,1H3,(H,22,23). The van der Waals surface area contributed by atoms with Crippen molar-refractivity contribution in [3.8, 4) is 0 Å². The van der Waals surface area contributed by atoms with E-state index in [1.807, 2.05) is 0 Å². The van der Waals surface area contributed by atoms with E-state index >= 15 is 0 Å². The predicted octanol–water partition coefficient (Wildman–Crippen LogP) is 2.11. The fourth-order valence-electron chi connectivity index (χ4n) is 3.00. The Morgan fingerprint density at radius 3 is 2.50 bits per heavy atom. The number of carboxylic acids is 1. The molecule has 0 unspecified atom stereocenters. The Balaban J connectivity index is 1.69. The number of likely N-dealkylation sites (tertiary alicyclic amines) is 1. The molecule has 0 aliphatic carbocycles. The summed E-state index contributed by atoms with van der Waals surface area (Å²) in [5.41, 5.74) is -0.925. The van der Waals surface area contributed by atoms with Crippen LogP contribution in [-0.2, 0) is 9.63 Å². The van der Waals surface area contributed by atoms with E-state index in [1.54, 1.807) is 0 Å². The molecule has 0 radical (unpaired) electrons. The molecule has 2 aliphatic heterocycles. The molecule has 1 saturated heterocycles. The van der Waals surface area contributed by atoms with Crippen molar-refractivity contribution in [2.45, 2.75) is 31.8 Å². The molecule has 0 bridgehead atoms. The molecule has 0 atom stereocenters. The summed E-state index contributed by atoms with van der Waals surface area (Å²) in [4.78, 5) is 30.0. The molecule has 0 aromatic heterocycles. The van der Waals surface area contributed by atoms with E-state index in [1.165, 1.54) is 24.0 Å². The first kappa shape index (κ1) is 16.4. The van der Waals surface area contributed by atoms with Crippen molar-refractivity contribution in [1.82, 2.24) is 4.90 Å². The van der Waals surface area contributed by atoms with Crippen LogP contribution in [0.5, 0.6) is 0 Å². The van der Waals surface area contributed by atoms with Crippen molar-refractivity contribution < 1.29 is 28.3 Å². The SMILES string of the molecule is Cc1ccc(C(=O)N2CCC3(CC2)CC(C(=O)O)=NO3)c(F)c1F. The van der Waals surface area contributed by atoms with Gasteiger partial charge >= 0.3 is 5.97 Å². The van der Waals surface area contributed by atoms with Crippen LogP contribution in [0, 0.1) is 18.6 Å². The Kier molecular flexibility index (Phi) is 3.98. The van der Waals surface area contributed by atoms with Gasteiger partial charge in [-0.25, -0.2) is 13.6 Å². The van der Waals surface area contributed by atoms with E-state index in [0.717, 1.165) is 0 Å². The zero-order chi connectivity index (χ0) is 17.5. The van der Waals surface area contributed by atoms with Gasteiger partial charge in [-0.3, -0.25) is 4.79 Å². The summed E-state index contributed by atoms with van der Waals surface area (Å²) in [5, 5.41) is 12.5. The van der Waals surface area contributed by atoms with Crippen LogP contribution in [0.15, 0.2) is 17.3 Å². The number of hydrogen-bond acceptors (Lipinski definition) is 4. The van der Waals surface area contributed by atoms with Crippen LogP contribution < -0.4 is 0 Å². The number of rotatable bonds is 2. The number of oxime groups is 1. The van der Waals surface area contributed by atoms with E-state index in [9.17, 15) is 18.4 Å². The molecule has 8 heteroatoms. The third-order valence-corrected chi connectivity index (χ3v) is 4.55. The molecule has 1 N–H and O–H groups in total. The number of halogens is 2. The molecule has 128 valence electrons. The molecule has 1 spiro atoms. The molecule has 1 fully saturated rings. The quantitative estimate of drug-likeness (QED) is 0.896. The lowest BCUT2D eigenvalue weighted by atomic mass is 9.86. The first-order chi connectivity index (χ1) is 11.3. The van der Waals surface area contributed by atoms with Gasteiger partial charge < -0.3 is 14.8 Å². The first-order valence-corrected chi connectivity index (χ1v) is 7.55. The highest BCUT2D eigenvalue weighted by Crippen LogP contribution is 2.35. The fraction of sp³-hybridized carbons (Fsp3) is 0.438. The first-order valence-electron chi connectivity index (χ1n) is 7.55. The molecule has 1 aromatic carbocycles. The molecule has 1 amide bonds. The van der Waals surface area contributed by atoms with E-state index in [-0.39, 0.29) is 36.3 Å². The lowest BCUT2D eigenvalue weighted by Crippen LogP contribution is -2.47. The molecule has 0 saturated carbocycles. The van der Waals surface area contributed by atoms with Crippen LogP contribution in [0.2, 0.25) is 0 Å². The van der Waals surface area contributed by atoms with Crippen LogP contribution in [0.3, 0.4) is 0 Å². The second-order valence-corrected chi connectivity index (χ2v) is 6.14. The van der Waals surface area contributed by atoms with Crippen molar-refractivity contribution in [2.75, 3.05) is 13.1 Å². The lowest BCUT2D eigenvalue weighted by molar-refractivity contribution is -0.129. The average molecular weight is 338 g/mol. The van der Waals surface area contributed by atoms with E-state index in [2.05, 4.69) is 5.16 Å². The number of nitrogens with zero attached hydrogens (tertiary/aromatic N) is 2. The molecule has 1 aromatic rings. The van der Waals surface area contributed by atoms with Crippen LogP contribution in [0.4, 0.5) is 8.78 Å². The smallest absolute Gasteiger partial charge is 0.353 e. The normalized spacial score (nSPS) is 19.1. The van der Waals surface area contributed by atoms with Gasteiger partial charge in [-0.05, 0) is 18.6 Å². The Hall–Kier alpha value is -2.51. The number of benzene rings is 1. The highest BCUT2D eigenvalue weighted by molar-refractivity contribution is 6.36. The van der Waals surface area contributed by atoms with Crippen LogP contribution in [0.25, 0.3) is 0 Å². The number of piperidine rings is 1. The Bertz CT molecular complexity index is 740. The van der Waals surface area contributed by atoms with Gasteiger partial charge in [0.15, 0.2) is 17.3 Å². The van der Waals surface area contributed by atoms with Gasteiger partial charge in [0.1, 0.15) is 5.60 Å². The number of hydrogen-bond donors (Lipinski definition) is 1. The summed E-state index contributed by atoms with van der Waals surface area (Å²) in [6.07, 6.45) is 0.946. The number of aliphatic carboxylic acids is 1. The van der Waals surface area contributed by atoms with Crippen molar-refractivity contribution >= 4 is 17.6 Å². The summed E-state index contributed by atoms with van der Waals surface area (Å²) in [7, 11) is 0. The molecular weight excluding hydrogens is 322 g/mol. The molecule has 24 heavy (non-hydrogen) atoms. The fourth-order valence-corrected chi connectivity index (χ4v) is 3.00. The third kappa shape index (κ3) is 2.72. The summed E-state index contributed by atoms with van der Waals surface area (Å²) in [6, 6.07) is 2.64. The lowest BCUT2D eigenvalue weighted by Gasteiger charge is -2.37. The highest BCUT2D eigenvalue weighted by atomic mass is 19.2. The van der Waals surface area contributed by atoms with Crippen molar-refractivity contribution in [3.63, 3.8) is 0 Å². The number of carbonyl (C=O) groups is 2. The number of carbonyl (C=O) groups excluding carboxylic acids is 1. The van der Waals surface area contributed by atoms with Crippen LogP contribution >= 0.6 is 0 Å². The van der Waals surface area contributed by atoms with Gasteiger partial charge in [-0.2, -0.15) is 0 Å². The molecule has 2 aliphatic rings. The minimum Gasteiger partial charge on any atom is -0.477 e. The molecule has 2 heterocycles. The van der Waals surface area contributed by atoms with Gasteiger partial charge in [0, 0.05) is 32.4 Å². The van der Waals surface area contributed by atoms with E-state index in [0.29, 0.717) is 12.8 Å². The van der Waals surface area contributed by atoms with Gasteiger partial charge in [0.05, 0.1) is 5.56 Å². The molecule has 3 rings (SSSR count). The zero-order valence-electron chi connectivity index (χ0n) is 13.0. The Morgan fingerprint density at radius 1 is 1.25 bits per heavy atom. The third-order valence-electron chi connectivity index (χ3n) is 4.55. The second-order valence-electron chi connectivity index (χ2n) is 6.14. The Labute approximate surface area is 136 Å². The van der Waals surface area contributed by atoms with Gasteiger partial charge in [-0.15, -0.1) is 0 Å². The van der Waals surface area contributed by atoms with Crippen molar-refractivity contribution in [3.05, 3.63) is 34.9 Å². The topological polar surface area (TPSA) is 79.2 Å². The molecule has 6 nitrogen and oxygen atoms in total. The maximum Gasteiger partial charge on any atom is 0.353 e. The van der Waals surface area contributed by atoms with Gasteiger partial charge in [0.2, 0.25) is 0 Å². The molecular formula is C16H16F2N2O4. The maximum atomic E-state index is 14.0. The predicted molar refractivity (Wildman–Crippen MR) is 79.7 cm³/mol. The zero-order valence-corrected chi connectivity index (χ0v) is 13.0. The minimum absolute atomic E-state index is 0.0403. The number of carboxylic acid groups (broad SMARTS) is 1.